The molecule has 2 aromatic rings. The van der Waals surface area contributed by atoms with Gasteiger partial charge in [-0.2, -0.15) is 0 Å². The SMILES string of the molecule is CCC(C)(COc1ccccc1)C(=O)c1ccccc1. The monoisotopic (exact) mass is 268 g/mol. The number of hydrogen-bond acceptors (Lipinski definition) is 2. The first-order valence-electron chi connectivity index (χ1n) is 6.93. The molecule has 0 aliphatic rings. The molecule has 0 saturated heterocycles. The zero-order chi connectivity index (χ0) is 14.4. The van der Waals surface area contributed by atoms with E-state index in [1.54, 1.807) is 0 Å². The molecule has 0 spiro atoms. The molecule has 0 N–H and O–H groups in total. The van der Waals surface area contributed by atoms with Gasteiger partial charge in [-0.15, -0.1) is 0 Å². The maximum Gasteiger partial charge on any atom is 0.172 e. The summed E-state index contributed by atoms with van der Waals surface area (Å²) >= 11 is 0. The van der Waals surface area contributed by atoms with Crippen LogP contribution in [0, 0.1) is 5.41 Å². The second-order valence-corrected chi connectivity index (χ2v) is 5.21. The van der Waals surface area contributed by atoms with Gasteiger partial charge in [-0.25, -0.2) is 0 Å². The van der Waals surface area contributed by atoms with E-state index in [0.717, 1.165) is 17.7 Å². The van der Waals surface area contributed by atoms with Crippen molar-refractivity contribution in [1.82, 2.24) is 0 Å². The van der Waals surface area contributed by atoms with Gasteiger partial charge >= 0.3 is 0 Å². The molecule has 2 rings (SSSR count). The molecule has 1 atom stereocenters. The molecule has 0 fully saturated rings. The summed E-state index contributed by atoms with van der Waals surface area (Å²) in [5.41, 5.74) is 0.241. The highest BCUT2D eigenvalue weighted by molar-refractivity contribution is 6.00. The lowest BCUT2D eigenvalue weighted by Crippen LogP contribution is -2.33. The van der Waals surface area contributed by atoms with Gasteiger partial charge in [-0.3, -0.25) is 4.79 Å². The van der Waals surface area contributed by atoms with Gasteiger partial charge in [0.05, 0.1) is 5.41 Å². The van der Waals surface area contributed by atoms with Gasteiger partial charge in [-0.05, 0) is 25.5 Å². The Labute approximate surface area is 120 Å². The highest BCUT2D eigenvalue weighted by atomic mass is 16.5. The number of carbonyl (C=O) groups is 1. The number of benzene rings is 2. The summed E-state index contributed by atoms with van der Waals surface area (Å²) in [7, 11) is 0. The topological polar surface area (TPSA) is 26.3 Å². The van der Waals surface area contributed by atoms with Crippen molar-refractivity contribution in [3.05, 3.63) is 66.2 Å². The first kappa shape index (κ1) is 14.3. The highest BCUT2D eigenvalue weighted by Gasteiger charge is 2.33. The third kappa shape index (κ3) is 3.27. The zero-order valence-corrected chi connectivity index (χ0v) is 12.0. The standard InChI is InChI=1S/C18H20O2/c1-3-18(2,14-20-16-12-8-5-9-13-16)17(19)15-10-6-4-7-11-15/h4-13H,3,14H2,1-2H3. The number of rotatable bonds is 6. The number of ether oxygens (including phenoxy) is 1. The van der Waals surface area contributed by atoms with Crippen LogP contribution in [0.5, 0.6) is 5.75 Å². The fourth-order valence-corrected chi connectivity index (χ4v) is 2.03. The molecule has 0 aliphatic carbocycles. The molecule has 0 saturated carbocycles. The lowest BCUT2D eigenvalue weighted by Gasteiger charge is -2.26. The molecule has 2 aromatic carbocycles. The van der Waals surface area contributed by atoms with Crippen LogP contribution < -0.4 is 4.74 Å². The van der Waals surface area contributed by atoms with E-state index in [0.29, 0.717) is 6.61 Å². The number of hydrogen-bond donors (Lipinski definition) is 0. The van der Waals surface area contributed by atoms with Gasteiger partial charge in [0.15, 0.2) is 5.78 Å². The van der Waals surface area contributed by atoms with Crippen molar-refractivity contribution >= 4 is 5.78 Å². The Morgan fingerprint density at radius 1 is 1.00 bits per heavy atom. The van der Waals surface area contributed by atoms with Crippen LogP contribution in [0.1, 0.15) is 30.6 Å². The normalized spacial score (nSPS) is 13.5. The molecule has 0 heterocycles. The second-order valence-electron chi connectivity index (χ2n) is 5.21. The van der Waals surface area contributed by atoms with Crippen LogP contribution in [-0.4, -0.2) is 12.4 Å². The van der Waals surface area contributed by atoms with Crippen molar-refractivity contribution in [3.8, 4) is 5.75 Å². The molecule has 1 unspecified atom stereocenters. The quantitative estimate of drug-likeness (QED) is 0.727. The van der Waals surface area contributed by atoms with Crippen LogP contribution in [0.4, 0.5) is 0 Å². The van der Waals surface area contributed by atoms with E-state index in [-0.39, 0.29) is 5.78 Å². The smallest absolute Gasteiger partial charge is 0.172 e. The summed E-state index contributed by atoms with van der Waals surface area (Å²) in [5, 5.41) is 0. The van der Waals surface area contributed by atoms with Gasteiger partial charge < -0.3 is 4.74 Å². The fourth-order valence-electron chi connectivity index (χ4n) is 2.03. The third-order valence-corrected chi connectivity index (χ3v) is 3.67. The van der Waals surface area contributed by atoms with Crippen molar-refractivity contribution in [1.29, 1.82) is 0 Å². The number of carbonyl (C=O) groups excluding carboxylic acids is 1. The predicted octanol–water partition coefficient (Wildman–Crippen LogP) is 4.36. The maximum absolute atomic E-state index is 12.6. The van der Waals surface area contributed by atoms with Crippen molar-refractivity contribution < 1.29 is 9.53 Å². The van der Waals surface area contributed by atoms with E-state index < -0.39 is 5.41 Å². The van der Waals surface area contributed by atoms with E-state index in [1.807, 2.05) is 74.5 Å². The lowest BCUT2D eigenvalue weighted by atomic mass is 9.80. The lowest BCUT2D eigenvalue weighted by molar-refractivity contribution is 0.0706. The first-order valence-corrected chi connectivity index (χ1v) is 6.93. The minimum Gasteiger partial charge on any atom is -0.493 e. The highest BCUT2D eigenvalue weighted by Crippen LogP contribution is 2.27. The van der Waals surface area contributed by atoms with E-state index in [4.69, 9.17) is 4.74 Å². The van der Waals surface area contributed by atoms with Crippen LogP contribution in [0.15, 0.2) is 60.7 Å². The van der Waals surface area contributed by atoms with Gasteiger partial charge in [0.2, 0.25) is 0 Å². The summed E-state index contributed by atoms with van der Waals surface area (Å²) < 4.78 is 5.78. The molecule has 20 heavy (non-hydrogen) atoms. The Balaban J connectivity index is 2.11. The van der Waals surface area contributed by atoms with Gasteiger partial charge in [0.1, 0.15) is 12.4 Å². The molecular formula is C18H20O2. The molecule has 0 amide bonds. The molecule has 104 valence electrons. The number of para-hydroxylation sites is 1. The van der Waals surface area contributed by atoms with Crippen LogP contribution in [-0.2, 0) is 0 Å². The van der Waals surface area contributed by atoms with E-state index >= 15 is 0 Å². The third-order valence-electron chi connectivity index (χ3n) is 3.67. The first-order chi connectivity index (χ1) is 9.65. The average molecular weight is 268 g/mol. The second kappa shape index (κ2) is 6.38. The Bertz CT molecular complexity index is 548. The van der Waals surface area contributed by atoms with Crippen LogP contribution in [0.3, 0.4) is 0 Å². The number of ketones is 1. The molecular weight excluding hydrogens is 248 g/mol. The zero-order valence-electron chi connectivity index (χ0n) is 12.0. The van der Waals surface area contributed by atoms with Crippen molar-refractivity contribution in [2.24, 2.45) is 5.41 Å². The molecule has 0 aromatic heterocycles. The summed E-state index contributed by atoms with van der Waals surface area (Å²) in [5.74, 6) is 0.935. The van der Waals surface area contributed by atoms with E-state index in [1.165, 1.54) is 0 Å². The maximum atomic E-state index is 12.6. The van der Waals surface area contributed by atoms with E-state index in [2.05, 4.69) is 0 Å². The summed E-state index contributed by atoms with van der Waals surface area (Å²) in [4.78, 5) is 12.6. The van der Waals surface area contributed by atoms with Crippen molar-refractivity contribution in [3.63, 3.8) is 0 Å². The molecule has 0 radical (unpaired) electrons. The molecule has 2 heteroatoms. The predicted molar refractivity (Wildman–Crippen MR) is 81.1 cm³/mol. The summed E-state index contributed by atoms with van der Waals surface area (Å²) in [6.45, 7) is 4.38. The minimum absolute atomic E-state index is 0.136. The van der Waals surface area contributed by atoms with Gasteiger partial charge in [-0.1, -0.05) is 55.5 Å². The van der Waals surface area contributed by atoms with Crippen LogP contribution in [0.2, 0.25) is 0 Å². The summed E-state index contributed by atoms with van der Waals surface area (Å²) in [6.07, 6.45) is 0.744. The Morgan fingerprint density at radius 3 is 2.10 bits per heavy atom. The molecule has 2 nitrogen and oxygen atoms in total. The number of Topliss-reactive ketones (excluding diaryl/α,β-unsaturated/α-hetero) is 1. The van der Waals surface area contributed by atoms with Crippen LogP contribution >= 0.6 is 0 Å². The average Bonchev–Trinajstić information content (AvgIpc) is 2.53. The largest absolute Gasteiger partial charge is 0.493 e. The minimum atomic E-state index is -0.503. The van der Waals surface area contributed by atoms with Gasteiger partial charge in [0.25, 0.3) is 0 Å². The Hall–Kier alpha value is -2.09. The Morgan fingerprint density at radius 2 is 1.55 bits per heavy atom. The Kier molecular flexibility index (Phi) is 4.57. The summed E-state index contributed by atoms with van der Waals surface area (Å²) in [6, 6.07) is 19.0. The fraction of sp³-hybridized carbons (Fsp3) is 0.278. The molecule has 0 aliphatic heterocycles. The van der Waals surface area contributed by atoms with Crippen molar-refractivity contribution in [2.75, 3.05) is 6.61 Å². The van der Waals surface area contributed by atoms with Crippen LogP contribution in [0.25, 0.3) is 0 Å². The molecule has 0 bridgehead atoms. The van der Waals surface area contributed by atoms with Crippen molar-refractivity contribution in [2.45, 2.75) is 20.3 Å². The van der Waals surface area contributed by atoms with E-state index in [9.17, 15) is 4.79 Å². The van der Waals surface area contributed by atoms with Gasteiger partial charge in [0, 0.05) is 5.56 Å².